The van der Waals surface area contributed by atoms with E-state index in [9.17, 15) is 4.79 Å². The third-order valence-corrected chi connectivity index (χ3v) is 4.47. The van der Waals surface area contributed by atoms with Crippen LogP contribution in [0.25, 0.3) is 0 Å². The van der Waals surface area contributed by atoms with Crippen molar-refractivity contribution in [2.75, 3.05) is 0 Å². The first-order valence-corrected chi connectivity index (χ1v) is 5.77. The fourth-order valence-electron chi connectivity index (χ4n) is 3.18. The lowest BCUT2D eigenvalue weighted by Crippen LogP contribution is -2.44. The largest absolute Gasteiger partial charge is 0.299 e. The average molecular weight is 192 g/mol. The number of allylic oxidation sites excluding steroid dienone is 1. The molecule has 2 saturated carbocycles. The van der Waals surface area contributed by atoms with E-state index in [0.717, 1.165) is 25.7 Å². The Balaban J connectivity index is 2.30. The predicted molar refractivity (Wildman–Crippen MR) is 58.0 cm³/mol. The van der Waals surface area contributed by atoms with Crippen molar-refractivity contribution in [2.24, 2.45) is 17.3 Å². The summed E-state index contributed by atoms with van der Waals surface area (Å²) in [6.07, 6.45) is 5.62. The second kappa shape index (κ2) is 3.22. The van der Waals surface area contributed by atoms with E-state index in [2.05, 4.69) is 20.4 Å². The fourth-order valence-corrected chi connectivity index (χ4v) is 3.18. The molecule has 78 valence electrons. The lowest BCUT2D eigenvalue weighted by atomic mass is 9.56. The van der Waals surface area contributed by atoms with E-state index in [0.29, 0.717) is 11.7 Å². The summed E-state index contributed by atoms with van der Waals surface area (Å²) in [6.45, 7) is 8.51. The summed E-state index contributed by atoms with van der Waals surface area (Å²) in [7, 11) is 0. The smallest absolute Gasteiger partial charge is 0.139 e. The van der Waals surface area contributed by atoms with Crippen LogP contribution in [0.2, 0.25) is 0 Å². The third kappa shape index (κ3) is 1.25. The maximum absolute atomic E-state index is 12.1. The summed E-state index contributed by atoms with van der Waals surface area (Å²) in [6, 6.07) is 0. The number of carbonyl (C=O) groups is 1. The van der Waals surface area contributed by atoms with Gasteiger partial charge in [0, 0.05) is 11.8 Å². The standard InChI is InChI=1S/C13H20O/c1-9-7-8-13(3)10(2)5-4-6-11(13)12(9)14/h9,11H,2,4-8H2,1,3H3/t9-,11-,13+/m1/s1. The van der Waals surface area contributed by atoms with Gasteiger partial charge >= 0.3 is 0 Å². The first kappa shape index (κ1) is 9.95. The van der Waals surface area contributed by atoms with E-state index >= 15 is 0 Å². The quantitative estimate of drug-likeness (QED) is 0.538. The Labute approximate surface area is 86.6 Å². The van der Waals surface area contributed by atoms with Crippen molar-refractivity contribution in [2.45, 2.75) is 46.0 Å². The van der Waals surface area contributed by atoms with Gasteiger partial charge in [0.15, 0.2) is 0 Å². The molecule has 0 bridgehead atoms. The van der Waals surface area contributed by atoms with Crippen LogP contribution < -0.4 is 0 Å². The van der Waals surface area contributed by atoms with E-state index < -0.39 is 0 Å². The Morgan fingerprint density at radius 2 is 2.14 bits per heavy atom. The van der Waals surface area contributed by atoms with Crippen LogP contribution in [0.3, 0.4) is 0 Å². The zero-order chi connectivity index (χ0) is 10.3. The predicted octanol–water partition coefficient (Wildman–Crippen LogP) is 3.35. The van der Waals surface area contributed by atoms with Crippen molar-refractivity contribution >= 4 is 5.78 Å². The molecule has 0 spiro atoms. The molecular weight excluding hydrogens is 172 g/mol. The van der Waals surface area contributed by atoms with Crippen LogP contribution in [0.15, 0.2) is 12.2 Å². The highest BCUT2D eigenvalue weighted by Crippen LogP contribution is 2.52. The maximum atomic E-state index is 12.1. The fraction of sp³-hybridized carbons (Fsp3) is 0.769. The molecule has 2 rings (SSSR count). The van der Waals surface area contributed by atoms with Gasteiger partial charge in [0.05, 0.1) is 0 Å². The molecule has 0 unspecified atom stereocenters. The topological polar surface area (TPSA) is 17.1 Å². The van der Waals surface area contributed by atoms with Crippen molar-refractivity contribution in [1.29, 1.82) is 0 Å². The van der Waals surface area contributed by atoms with Crippen molar-refractivity contribution in [1.82, 2.24) is 0 Å². The van der Waals surface area contributed by atoms with Gasteiger partial charge < -0.3 is 0 Å². The highest BCUT2D eigenvalue weighted by Gasteiger charge is 2.47. The molecule has 0 saturated heterocycles. The summed E-state index contributed by atoms with van der Waals surface area (Å²) in [4.78, 5) is 12.1. The van der Waals surface area contributed by atoms with Gasteiger partial charge in [0.25, 0.3) is 0 Å². The summed E-state index contributed by atoms with van der Waals surface area (Å²) in [5.41, 5.74) is 1.47. The van der Waals surface area contributed by atoms with E-state index in [1.54, 1.807) is 0 Å². The van der Waals surface area contributed by atoms with Crippen LogP contribution >= 0.6 is 0 Å². The molecule has 1 heteroatoms. The number of fused-ring (bicyclic) bond motifs is 1. The zero-order valence-electron chi connectivity index (χ0n) is 9.31. The zero-order valence-corrected chi connectivity index (χ0v) is 9.31. The molecular formula is C13H20O. The highest BCUT2D eigenvalue weighted by atomic mass is 16.1. The molecule has 14 heavy (non-hydrogen) atoms. The SMILES string of the molecule is C=C1CCC[C@@H]2C(=O)[C@H](C)CC[C@@]12C. The second-order valence-corrected chi connectivity index (χ2v) is 5.31. The number of ketones is 1. The average Bonchev–Trinajstić information content (AvgIpc) is 2.16. The molecule has 0 N–H and O–H groups in total. The van der Waals surface area contributed by atoms with Gasteiger partial charge in [0.1, 0.15) is 5.78 Å². The van der Waals surface area contributed by atoms with Crippen LogP contribution in [-0.2, 0) is 4.79 Å². The minimum Gasteiger partial charge on any atom is -0.299 e. The first-order chi connectivity index (χ1) is 6.55. The van der Waals surface area contributed by atoms with Crippen molar-refractivity contribution in [3.8, 4) is 0 Å². The molecule has 0 heterocycles. The Kier molecular flexibility index (Phi) is 2.29. The first-order valence-electron chi connectivity index (χ1n) is 5.77. The van der Waals surface area contributed by atoms with Gasteiger partial charge in [-0.05, 0) is 37.5 Å². The van der Waals surface area contributed by atoms with Gasteiger partial charge in [-0.3, -0.25) is 4.79 Å². The summed E-state index contributed by atoms with van der Waals surface area (Å²) in [5, 5.41) is 0. The summed E-state index contributed by atoms with van der Waals surface area (Å²) in [5.74, 6) is 1.08. The molecule has 2 fully saturated rings. The Morgan fingerprint density at radius 3 is 2.86 bits per heavy atom. The van der Waals surface area contributed by atoms with Crippen molar-refractivity contribution < 1.29 is 4.79 Å². The lowest BCUT2D eigenvalue weighted by Gasteiger charge is -2.47. The van der Waals surface area contributed by atoms with Crippen molar-refractivity contribution in [3.05, 3.63) is 12.2 Å². The van der Waals surface area contributed by atoms with Crippen LogP contribution in [0, 0.1) is 17.3 Å². The second-order valence-electron chi connectivity index (χ2n) is 5.31. The van der Waals surface area contributed by atoms with Crippen LogP contribution in [0.4, 0.5) is 0 Å². The van der Waals surface area contributed by atoms with Gasteiger partial charge in [-0.25, -0.2) is 0 Å². The molecule has 0 aromatic rings. The normalized spacial score (nSPS) is 43.6. The number of hydrogen-bond acceptors (Lipinski definition) is 1. The maximum Gasteiger partial charge on any atom is 0.139 e. The van der Waals surface area contributed by atoms with Crippen molar-refractivity contribution in [3.63, 3.8) is 0 Å². The van der Waals surface area contributed by atoms with Gasteiger partial charge in [-0.2, -0.15) is 0 Å². The monoisotopic (exact) mass is 192 g/mol. The molecule has 3 atom stereocenters. The molecule has 1 nitrogen and oxygen atoms in total. The number of Topliss-reactive ketones (excluding diaryl/α,β-unsaturated/α-hetero) is 1. The highest BCUT2D eigenvalue weighted by molar-refractivity contribution is 5.85. The summed E-state index contributed by atoms with van der Waals surface area (Å²) < 4.78 is 0. The molecule has 0 amide bonds. The van der Waals surface area contributed by atoms with E-state index in [1.807, 2.05) is 0 Å². The Bertz CT molecular complexity index is 279. The number of rotatable bonds is 0. The molecule has 0 aromatic carbocycles. The molecule has 0 radical (unpaired) electrons. The number of carbonyl (C=O) groups excluding carboxylic acids is 1. The van der Waals surface area contributed by atoms with Crippen LogP contribution in [0.5, 0.6) is 0 Å². The molecule has 2 aliphatic rings. The number of hydrogen-bond donors (Lipinski definition) is 0. The van der Waals surface area contributed by atoms with Gasteiger partial charge in [-0.1, -0.05) is 26.0 Å². The third-order valence-electron chi connectivity index (χ3n) is 4.47. The summed E-state index contributed by atoms with van der Waals surface area (Å²) >= 11 is 0. The minimum absolute atomic E-state index is 0.141. The minimum atomic E-state index is 0.141. The van der Waals surface area contributed by atoms with E-state index in [4.69, 9.17) is 0 Å². The Hall–Kier alpha value is -0.590. The van der Waals surface area contributed by atoms with E-state index in [1.165, 1.54) is 12.0 Å². The van der Waals surface area contributed by atoms with Crippen LogP contribution in [-0.4, -0.2) is 5.78 Å². The molecule has 2 aliphatic carbocycles. The molecule has 0 aromatic heterocycles. The van der Waals surface area contributed by atoms with Crippen LogP contribution in [0.1, 0.15) is 46.0 Å². The van der Waals surface area contributed by atoms with Gasteiger partial charge in [-0.15, -0.1) is 0 Å². The van der Waals surface area contributed by atoms with Gasteiger partial charge in [0.2, 0.25) is 0 Å². The molecule has 0 aliphatic heterocycles. The lowest BCUT2D eigenvalue weighted by molar-refractivity contribution is -0.134. The Morgan fingerprint density at radius 1 is 1.43 bits per heavy atom. The van der Waals surface area contributed by atoms with E-state index in [-0.39, 0.29) is 11.3 Å².